The molecule has 0 saturated heterocycles. The minimum Gasteiger partial charge on any atom is -0.493 e. The quantitative estimate of drug-likeness (QED) is 0.438. The van der Waals surface area contributed by atoms with Gasteiger partial charge in [-0.15, -0.1) is 0 Å². The first-order chi connectivity index (χ1) is 16.5. The highest BCUT2D eigenvalue weighted by Gasteiger charge is 2.18. The van der Waals surface area contributed by atoms with Gasteiger partial charge in [-0.1, -0.05) is 18.2 Å². The lowest BCUT2D eigenvalue weighted by atomic mass is 10.1. The van der Waals surface area contributed by atoms with Crippen molar-refractivity contribution in [3.8, 4) is 23.0 Å². The van der Waals surface area contributed by atoms with Gasteiger partial charge in [0.05, 0.1) is 38.8 Å². The number of hydrogen-bond acceptors (Lipinski definition) is 6. The minimum absolute atomic E-state index is 0.286. The third-order valence-electron chi connectivity index (χ3n) is 4.86. The van der Waals surface area contributed by atoms with Crippen LogP contribution in [0.4, 0.5) is 11.4 Å². The summed E-state index contributed by atoms with van der Waals surface area (Å²) < 4.78 is 22.0. The molecule has 3 rings (SSSR count). The first-order valence-electron chi connectivity index (χ1n) is 10.8. The van der Waals surface area contributed by atoms with Crippen LogP contribution < -0.4 is 29.6 Å². The molecule has 0 spiro atoms. The van der Waals surface area contributed by atoms with Crippen molar-refractivity contribution in [2.24, 2.45) is 0 Å². The predicted molar refractivity (Wildman–Crippen MR) is 131 cm³/mol. The van der Waals surface area contributed by atoms with Crippen molar-refractivity contribution in [2.45, 2.75) is 13.8 Å². The fraction of sp³-hybridized carbons (Fsp3) is 0.231. The van der Waals surface area contributed by atoms with Crippen molar-refractivity contribution < 1.29 is 28.5 Å². The van der Waals surface area contributed by atoms with Gasteiger partial charge in [-0.2, -0.15) is 0 Å². The monoisotopic (exact) mass is 464 g/mol. The Kier molecular flexibility index (Phi) is 8.34. The van der Waals surface area contributed by atoms with Crippen molar-refractivity contribution in [3.05, 3.63) is 71.8 Å². The Morgan fingerprint density at radius 1 is 0.647 bits per heavy atom. The van der Waals surface area contributed by atoms with Gasteiger partial charge in [-0.25, -0.2) is 0 Å². The van der Waals surface area contributed by atoms with Crippen molar-refractivity contribution in [3.63, 3.8) is 0 Å². The van der Waals surface area contributed by atoms with Gasteiger partial charge in [-0.3, -0.25) is 9.59 Å². The van der Waals surface area contributed by atoms with E-state index in [1.54, 1.807) is 54.6 Å². The zero-order valence-electron chi connectivity index (χ0n) is 19.6. The van der Waals surface area contributed by atoms with E-state index in [0.29, 0.717) is 58.7 Å². The first kappa shape index (κ1) is 24.4. The molecule has 34 heavy (non-hydrogen) atoms. The van der Waals surface area contributed by atoms with Crippen LogP contribution in [0, 0.1) is 0 Å². The normalized spacial score (nSPS) is 10.2. The molecular weight excluding hydrogens is 436 g/mol. The van der Waals surface area contributed by atoms with Gasteiger partial charge in [0.15, 0.2) is 11.5 Å². The summed E-state index contributed by atoms with van der Waals surface area (Å²) in [5.41, 5.74) is 1.72. The molecule has 2 amide bonds. The van der Waals surface area contributed by atoms with E-state index in [9.17, 15) is 9.59 Å². The van der Waals surface area contributed by atoms with E-state index < -0.39 is 0 Å². The molecule has 0 aliphatic rings. The van der Waals surface area contributed by atoms with Gasteiger partial charge >= 0.3 is 0 Å². The Balaban J connectivity index is 1.93. The fourth-order valence-corrected chi connectivity index (χ4v) is 3.26. The number of carbonyl (C=O) groups is 2. The van der Waals surface area contributed by atoms with Gasteiger partial charge in [-0.05, 0) is 44.2 Å². The number of methoxy groups -OCH3 is 2. The van der Waals surface area contributed by atoms with E-state index in [2.05, 4.69) is 10.6 Å². The molecule has 0 unspecified atom stereocenters. The summed E-state index contributed by atoms with van der Waals surface area (Å²) in [6.45, 7) is 4.39. The lowest BCUT2D eigenvalue weighted by Gasteiger charge is -2.18. The highest BCUT2D eigenvalue weighted by Crippen LogP contribution is 2.38. The van der Waals surface area contributed by atoms with Crippen LogP contribution in [0.3, 0.4) is 0 Å². The van der Waals surface area contributed by atoms with E-state index >= 15 is 0 Å². The number of nitrogens with one attached hydrogen (secondary N) is 2. The van der Waals surface area contributed by atoms with Gasteiger partial charge in [0.2, 0.25) is 0 Å². The van der Waals surface area contributed by atoms with Crippen LogP contribution in [0.5, 0.6) is 23.0 Å². The SMILES string of the molecule is CCOc1cc(NC(=O)c2ccc(OC)c(OC)c2)c(OCC)cc1NC(=O)c1ccccc1. The van der Waals surface area contributed by atoms with E-state index in [-0.39, 0.29) is 11.8 Å². The van der Waals surface area contributed by atoms with Crippen LogP contribution in [0.15, 0.2) is 60.7 Å². The van der Waals surface area contributed by atoms with Crippen LogP contribution in [-0.2, 0) is 0 Å². The molecular formula is C26H28N2O6. The number of anilines is 2. The van der Waals surface area contributed by atoms with Crippen LogP contribution in [0.1, 0.15) is 34.6 Å². The van der Waals surface area contributed by atoms with Crippen LogP contribution in [0.25, 0.3) is 0 Å². The summed E-state index contributed by atoms with van der Waals surface area (Å²) in [5.74, 6) is 1.10. The van der Waals surface area contributed by atoms with E-state index in [0.717, 1.165) is 0 Å². The summed E-state index contributed by atoms with van der Waals surface area (Å²) in [6, 6.07) is 17.0. The first-order valence-corrected chi connectivity index (χ1v) is 10.8. The Hall–Kier alpha value is -4.20. The Labute approximate surface area is 198 Å². The zero-order chi connectivity index (χ0) is 24.5. The summed E-state index contributed by atoms with van der Waals surface area (Å²) in [5, 5.41) is 5.72. The van der Waals surface area contributed by atoms with Crippen LogP contribution >= 0.6 is 0 Å². The maximum atomic E-state index is 13.0. The maximum Gasteiger partial charge on any atom is 0.255 e. The summed E-state index contributed by atoms with van der Waals surface area (Å²) in [4.78, 5) is 25.7. The maximum absolute atomic E-state index is 13.0. The molecule has 0 atom stereocenters. The predicted octanol–water partition coefficient (Wildman–Crippen LogP) is 5.01. The van der Waals surface area contributed by atoms with E-state index in [1.165, 1.54) is 14.2 Å². The number of hydrogen-bond donors (Lipinski definition) is 2. The summed E-state index contributed by atoms with van der Waals surface area (Å²) in [7, 11) is 3.03. The van der Waals surface area contributed by atoms with Gasteiger partial charge in [0, 0.05) is 23.3 Å². The molecule has 3 aromatic rings. The van der Waals surface area contributed by atoms with Crippen molar-refractivity contribution in [1.29, 1.82) is 0 Å². The summed E-state index contributed by atoms with van der Waals surface area (Å²) in [6.07, 6.45) is 0. The molecule has 0 radical (unpaired) electrons. The number of ether oxygens (including phenoxy) is 4. The molecule has 0 heterocycles. The second kappa shape index (κ2) is 11.6. The van der Waals surface area contributed by atoms with Crippen molar-refractivity contribution in [1.82, 2.24) is 0 Å². The third kappa shape index (κ3) is 5.78. The zero-order valence-corrected chi connectivity index (χ0v) is 19.6. The van der Waals surface area contributed by atoms with Gasteiger partial charge in [0.1, 0.15) is 11.5 Å². The molecule has 8 heteroatoms. The van der Waals surface area contributed by atoms with E-state index in [1.807, 2.05) is 19.9 Å². The molecule has 8 nitrogen and oxygen atoms in total. The van der Waals surface area contributed by atoms with Gasteiger partial charge < -0.3 is 29.6 Å². The molecule has 0 bridgehead atoms. The molecule has 0 fully saturated rings. The molecule has 178 valence electrons. The summed E-state index contributed by atoms with van der Waals surface area (Å²) >= 11 is 0. The Bertz CT molecular complexity index is 1150. The van der Waals surface area contributed by atoms with Crippen molar-refractivity contribution in [2.75, 3.05) is 38.1 Å². The van der Waals surface area contributed by atoms with Crippen molar-refractivity contribution >= 4 is 23.2 Å². The standard InChI is InChI=1S/C26H28N2O6/c1-5-33-22-16-20(28-26(30)18-12-13-21(31-3)24(14-18)32-4)23(34-6-2)15-19(22)27-25(29)17-10-8-7-9-11-17/h7-16H,5-6H2,1-4H3,(H,27,29)(H,28,30). The number of amides is 2. The second-order valence-electron chi connectivity index (χ2n) is 7.05. The molecule has 0 aromatic heterocycles. The number of rotatable bonds is 10. The molecule has 0 aliphatic carbocycles. The molecule has 3 aromatic carbocycles. The highest BCUT2D eigenvalue weighted by atomic mass is 16.5. The molecule has 0 saturated carbocycles. The topological polar surface area (TPSA) is 95.1 Å². The average Bonchev–Trinajstić information content (AvgIpc) is 2.86. The lowest BCUT2D eigenvalue weighted by Crippen LogP contribution is -2.16. The lowest BCUT2D eigenvalue weighted by molar-refractivity contribution is 0.101. The van der Waals surface area contributed by atoms with Gasteiger partial charge in [0.25, 0.3) is 11.8 Å². The smallest absolute Gasteiger partial charge is 0.255 e. The average molecular weight is 465 g/mol. The molecule has 0 aliphatic heterocycles. The van der Waals surface area contributed by atoms with E-state index in [4.69, 9.17) is 18.9 Å². The van der Waals surface area contributed by atoms with Crippen LogP contribution in [0.2, 0.25) is 0 Å². The third-order valence-corrected chi connectivity index (χ3v) is 4.86. The Morgan fingerprint density at radius 2 is 1.18 bits per heavy atom. The number of benzene rings is 3. The Morgan fingerprint density at radius 3 is 1.68 bits per heavy atom. The minimum atomic E-state index is -0.370. The van der Waals surface area contributed by atoms with Crippen LogP contribution in [-0.4, -0.2) is 39.2 Å². The highest BCUT2D eigenvalue weighted by molar-refractivity contribution is 6.07. The second-order valence-corrected chi connectivity index (χ2v) is 7.05. The number of carbonyl (C=O) groups excluding carboxylic acids is 2. The largest absolute Gasteiger partial charge is 0.493 e. The molecule has 2 N–H and O–H groups in total. The fourth-order valence-electron chi connectivity index (χ4n) is 3.26.